The summed E-state index contributed by atoms with van der Waals surface area (Å²) in [6.45, 7) is 4.28. The van der Waals surface area contributed by atoms with E-state index in [1.54, 1.807) is 25.3 Å². The maximum atomic E-state index is 12.3. The number of carboxylic acid groups (broad SMARTS) is 1. The summed E-state index contributed by atoms with van der Waals surface area (Å²) in [5, 5.41) is 20.7. The maximum absolute atomic E-state index is 12.3. The second kappa shape index (κ2) is 9.75. The monoisotopic (exact) mass is 424 g/mol. The first-order valence-electron chi connectivity index (χ1n) is 8.96. The molecule has 154 valence electrons. The van der Waals surface area contributed by atoms with E-state index in [0.717, 1.165) is 11.3 Å². The van der Waals surface area contributed by atoms with Gasteiger partial charge in [-0.2, -0.15) is 0 Å². The molecule has 2 aromatic carbocycles. The number of rotatable bonds is 9. The minimum Gasteiger partial charge on any atom is -0.497 e. The third kappa shape index (κ3) is 5.06. The lowest BCUT2D eigenvalue weighted by Gasteiger charge is -2.09. The summed E-state index contributed by atoms with van der Waals surface area (Å²) in [7, 11) is 1.61. The van der Waals surface area contributed by atoms with Crippen molar-refractivity contribution < 1.29 is 19.4 Å². The molecule has 30 heavy (non-hydrogen) atoms. The average Bonchev–Trinajstić information content (AvgIpc) is 3.15. The molecule has 3 rings (SSSR count). The lowest BCUT2D eigenvalue weighted by atomic mass is 10.2. The highest BCUT2D eigenvalue weighted by Gasteiger charge is 2.15. The molecular weight excluding hydrogens is 404 g/mol. The number of nitrogens with zero attached hydrogens (tertiary/aromatic N) is 3. The molecule has 0 unspecified atom stereocenters. The number of hydrogen-bond donors (Lipinski definition) is 2. The Morgan fingerprint density at radius 2 is 1.87 bits per heavy atom. The van der Waals surface area contributed by atoms with Gasteiger partial charge in [0.05, 0.1) is 18.4 Å². The third-order valence-corrected chi connectivity index (χ3v) is 5.09. The van der Waals surface area contributed by atoms with Crippen LogP contribution < -0.4 is 10.1 Å². The second-order valence-corrected chi connectivity index (χ2v) is 7.10. The highest BCUT2D eigenvalue weighted by molar-refractivity contribution is 7.99. The van der Waals surface area contributed by atoms with Crippen LogP contribution in [-0.4, -0.2) is 44.6 Å². The molecule has 9 heteroatoms. The van der Waals surface area contributed by atoms with Gasteiger partial charge in [-0.05, 0) is 48.5 Å². The van der Waals surface area contributed by atoms with Gasteiger partial charge in [-0.15, -0.1) is 16.8 Å². The minimum absolute atomic E-state index is 0.124. The maximum Gasteiger partial charge on any atom is 0.335 e. The Balaban J connectivity index is 1.68. The normalized spacial score (nSPS) is 10.4. The number of carbonyl (C=O) groups is 2. The molecule has 0 aliphatic heterocycles. The number of amides is 1. The minimum atomic E-state index is -1.02. The summed E-state index contributed by atoms with van der Waals surface area (Å²) < 4.78 is 7.07. The van der Waals surface area contributed by atoms with Crippen molar-refractivity contribution in [2.75, 3.05) is 18.2 Å². The number of ether oxygens (including phenoxy) is 1. The largest absolute Gasteiger partial charge is 0.497 e. The van der Waals surface area contributed by atoms with Gasteiger partial charge in [0, 0.05) is 17.8 Å². The van der Waals surface area contributed by atoms with Gasteiger partial charge in [0.15, 0.2) is 11.0 Å². The number of carboxylic acids is 1. The molecule has 0 radical (unpaired) electrons. The Labute approximate surface area is 177 Å². The van der Waals surface area contributed by atoms with E-state index in [4.69, 9.17) is 9.84 Å². The molecule has 0 saturated heterocycles. The number of aromatic nitrogens is 3. The van der Waals surface area contributed by atoms with Crippen molar-refractivity contribution >= 4 is 29.3 Å². The van der Waals surface area contributed by atoms with Crippen molar-refractivity contribution in [2.45, 2.75) is 11.7 Å². The number of hydrogen-bond acceptors (Lipinski definition) is 6. The van der Waals surface area contributed by atoms with Crippen molar-refractivity contribution in [2.24, 2.45) is 0 Å². The first-order chi connectivity index (χ1) is 14.5. The molecule has 0 fully saturated rings. The summed E-state index contributed by atoms with van der Waals surface area (Å²) in [5.74, 6) is 0.291. The van der Waals surface area contributed by atoms with Crippen molar-refractivity contribution in [3.8, 4) is 17.1 Å². The van der Waals surface area contributed by atoms with E-state index in [1.807, 2.05) is 28.8 Å². The zero-order chi connectivity index (χ0) is 21.5. The summed E-state index contributed by atoms with van der Waals surface area (Å²) in [6, 6.07) is 13.5. The molecule has 1 amide bonds. The predicted molar refractivity (Wildman–Crippen MR) is 115 cm³/mol. The molecule has 0 spiro atoms. The van der Waals surface area contributed by atoms with Crippen LogP contribution in [0.3, 0.4) is 0 Å². The first kappa shape index (κ1) is 21.1. The van der Waals surface area contributed by atoms with Gasteiger partial charge in [0.25, 0.3) is 0 Å². The van der Waals surface area contributed by atoms with Gasteiger partial charge in [-0.3, -0.25) is 9.36 Å². The number of anilines is 1. The van der Waals surface area contributed by atoms with Gasteiger partial charge in [-0.1, -0.05) is 17.8 Å². The molecule has 0 saturated carbocycles. The molecule has 8 nitrogen and oxygen atoms in total. The van der Waals surface area contributed by atoms with Crippen LogP contribution in [0.2, 0.25) is 0 Å². The van der Waals surface area contributed by atoms with Crippen LogP contribution in [0.1, 0.15) is 10.4 Å². The molecule has 2 N–H and O–H groups in total. The van der Waals surface area contributed by atoms with Crippen molar-refractivity contribution in [1.29, 1.82) is 0 Å². The standard InChI is InChI=1S/C21H20N4O4S/c1-3-12-25-19(14-6-10-17(29-2)11-7-14)23-24-21(25)30-13-18(26)22-16-8-4-15(5-9-16)20(27)28/h3-11H,1,12-13H2,2H3,(H,22,26)(H,27,28). The lowest BCUT2D eigenvalue weighted by Crippen LogP contribution is -2.14. The molecule has 0 atom stereocenters. The quantitative estimate of drug-likeness (QED) is 0.399. The number of nitrogens with one attached hydrogen (secondary N) is 1. The number of methoxy groups -OCH3 is 1. The summed E-state index contributed by atoms with van der Waals surface area (Å²) >= 11 is 1.26. The Morgan fingerprint density at radius 1 is 1.17 bits per heavy atom. The lowest BCUT2D eigenvalue weighted by molar-refractivity contribution is -0.113. The second-order valence-electron chi connectivity index (χ2n) is 6.15. The number of carbonyl (C=O) groups excluding carboxylic acids is 1. The van der Waals surface area contributed by atoms with Gasteiger partial charge < -0.3 is 15.2 Å². The highest BCUT2D eigenvalue weighted by Crippen LogP contribution is 2.26. The van der Waals surface area contributed by atoms with Crippen molar-refractivity contribution in [1.82, 2.24) is 14.8 Å². The molecule has 0 aliphatic carbocycles. The molecule has 1 heterocycles. The van der Waals surface area contributed by atoms with E-state index >= 15 is 0 Å². The molecule has 1 aromatic heterocycles. The fraction of sp³-hybridized carbons (Fsp3) is 0.143. The van der Waals surface area contributed by atoms with E-state index in [2.05, 4.69) is 22.1 Å². The third-order valence-electron chi connectivity index (χ3n) is 4.12. The fourth-order valence-electron chi connectivity index (χ4n) is 2.67. The topological polar surface area (TPSA) is 106 Å². The van der Waals surface area contributed by atoms with Gasteiger partial charge >= 0.3 is 5.97 Å². The average molecular weight is 424 g/mol. The van der Waals surface area contributed by atoms with E-state index in [-0.39, 0.29) is 17.2 Å². The van der Waals surface area contributed by atoms with Crippen LogP contribution in [0.15, 0.2) is 66.3 Å². The Hall–Kier alpha value is -3.59. The van der Waals surface area contributed by atoms with Crippen molar-refractivity contribution in [3.05, 3.63) is 66.7 Å². The Morgan fingerprint density at radius 3 is 2.47 bits per heavy atom. The zero-order valence-corrected chi connectivity index (χ0v) is 17.1. The number of benzene rings is 2. The number of thioether (sulfide) groups is 1. The fourth-order valence-corrected chi connectivity index (χ4v) is 3.41. The van der Waals surface area contributed by atoms with E-state index in [9.17, 15) is 9.59 Å². The summed E-state index contributed by atoms with van der Waals surface area (Å²) in [5.41, 5.74) is 1.56. The van der Waals surface area contributed by atoms with Gasteiger partial charge in [-0.25, -0.2) is 4.79 Å². The van der Waals surface area contributed by atoms with E-state index in [1.165, 1.54) is 23.9 Å². The van der Waals surface area contributed by atoms with E-state index in [0.29, 0.717) is 23.2 Å². The van der Waals surface area contributed by atoms with Gasteiger partial charge in [0.1, 0.15) is 5.75 Å². The van der Waals surface area contributed by atoms with Crippen LogP contribution in [0, 0.1) is 0 Å². The Kier molecular flexibility index (Phi) is 6.87. The molecular formula is C21H20N4O4S. The Bertz CT molecular complexity index is 1050. The van der Waals surface area contributed by atoms with E-state index < -0.39 is 5.97 Å². The SMILES string of the molecule is C=CCn1c(SCC(=O)Nc2ccc(C(=O)O)cc2)nnc1-c1ccc(OC)cc1. The number of allylic oxidation sites excluding steroid dienone is 1. The summed E-state index contributed by atoms with van der Waals surface area (Å²) in [4.78, 5) is 23.2. The van der Waals surface area contributed by atoms with Gasteiger partial charge in [0.2, 0.25) is 5.91 Å². The predicted octanol–water partition coefficient (Wildman–Crippen LogP) is 3.57. The van der Waals surface area contributed by atoms with Crippen LogP contribution in [0.25, 0.3) is 11.4 Å². The molecule has 0 aliphatic rings. The molecule has 0 bridgehead atoms. The first-order valence-corrected chi connectivity index (χ1v) is 9.95. The van der Waals surface area contributed by atoms with Crippen LogP contribution in [-0.2, 0) is 11.3 Å². The smallest absolute Gasteiger partial charge is 0.335 e. The summed E-state index contributed by atoms with van der Waals surface area (Å²) in [6.07, 6.45) is 1.74. The van der Waals surface area contributed by atoms with Crippen LogP contribution >= 0.6 is 11.8 Å². The van der Waals surface area contributed by atoms with Crippen LogP contribution in [0.4, 0.5) is 5.69 Å². The highest BCUT2D eigenvalue weighted by atomic mass is 32.2. The zero-order valence-electron chi connectivity index (χ0n) is 16.2. The van der Waals surface area contributed by atoms with Crippen molar-refractivity contribution in [3.63, 3.8) is 0 Å². The number of aromatic carboxylic acids is 1. The van der Waals surface area contributed by atoms with Crippen LogP contribution in [0.5, 0.6) is 5.75 Å². The molecule has 3 aromatic rings.